The van der Waals surface area contributed by atoms with Crippen molar-refractivity contribution < 1.29 is 24.2 Å². The van der Waals surface area contributed by atoms with E-state index < -0.39 is 12.0 Å². The molecule has 2 N–H and O–H groups in total. The van der Waals surface area contributed by atoms with Gasteiger partial charge in [-0.25, -0.2) is 9.78 Å². The van der Waals surface area contributed by atoms with Gasteiger partial charge >= 0.3 is 5.97 Å². The van der Waals surface area contributed by atoms with Gasteiger partial charge in [0.05, 0.1) is 17.7 Å². The summed E-state index contributed by atoms with van der Waals surface area (Å²) < 4.78 is 5.39. The number of H-pyrrole nitrogens is 1. The summed E-state index contributed by atoms with van der Waals surface area (Å²) in [6.07, 6.45) is 1.98. The van der Waals surface area contributed by atoms with Gasteiger partial charge in [0.1, 0.15) is 5.75 Å². The number of para-hydroxylation sites is 2. The van der Waals surface area contributed by atoms with Crippen molar-refractivity contribution >= 4 is 23.5 Å². The number of amides is 2. The number of hydrogen-bond donors (Lipinski definition) is 2. The number of carboxylic acid groups (broad SMARTS) is 1. The molecule has 2 aliphatic heterocycles. The monoisotopic (exact) mass is 370 g/mol. The van der Waals surface area contributed by atoms with Crippen molar-refractivity contribution in [3.8, 4) is 5.75 Å². The number of aromatic nitrogens is 2. The number of fused-ring (bicyclic) bond motifs is 2. The Kier molecular flexibility index (Phi) is 4.27. The van der Waals surface area contributed by atoms with Gasteiger partial charge < -0.3 is 24.6 Å². The second kappa shape index (κ2) is 6.75. The Morgan fingerprint density at radius 1 is 1.33 bits per heavy atom. The molecule has 1 aromatic carbocycles. The highest BCUT2D eigenvalue weighted by Gasteiger charge is 2.38. The molecule has 0 saturated heterocycles. The molecule has 27 heavy (non-hydrogen) atoms. The van der Waals surface area contributed by atoms with E-state index in [9.17, 15) is 19.5 Å². The van der Waals surface area contributed by atoms with E-state index in [2.05, 4.69) is 9.97 Å². The van der Waals surface area contributed by atoms with Gasteiger partial charge in [-0.15, -0.1) is 0 Å². The van der Waals surface area contributed by atoms with Crippen LogP contribution in [0.25, 0.3) is 0 Å². The van der Waals surface area contributed by atoms with Crippen molar-refractivity contribution in [3.63, 3.8) is 0 Å². The molecule has 1 atom stereocenters. The van der Waals surface area contributed by atoms with Crippen molar-refractivity contribution in [1.29, 1.82) is 0 Å². The van der Waals surface area contributed by atoms with E-state index in [1.54, 1.807) is 18.2 Å². The third kappa shape index (κ3) is 3.01. The maximum absolute atomic E-state index is 12.8. The lowest BCUT2D eigenvalue weighted by molar-refractivity contribution is -0.151. The number of hydrogen-bond acceptors (Lipinski definition) is 5. The Labute approximate surface area is 154 Å². The summed E-state index contributed by atoms with van der Waals surface area (Å²) >= 11 is 0. The van der Waals surface area contributed by atoms with Crippen LogP contribution in [0.4, 0.5) is 5.69 Å². The number of rotatable bonds is 4. The number of aliphatic carboxylic acids is 1. The average molecular weight is 370 g/mol. The summed E-state index contributed by atoms with van der Waals surface area (Å²) in [4.78, 5) is 46.5. The molecule has 0 bridgehead atoms. The molecule has 2 aliphatic rings. The summed E-state index contributed by atoms with van der Waals surface area (Å²) in [5.74, 6) is -1.09. The maximum atomic E-state index is 12.8. The number of carbonyl (C=O) groups is 3. The second-order valence-corrected chi connectivity index (χ2v) is 6.40. The molecule has 0 aliphatic carbocycles. The average Bonchev–Trinajstić information content (AvgIpc) is 3.14. The Hall–Kier alpha value is -3.36. The predicted octanol–water partition coefficient (Wildman–Crippen LogP) is 0.736. The van der Waals surface area contributed by atoms with Crippen LogP contribution in [0, 0.1) is 0 Å². The largest absolute Gasteiger partial charge is 0.482 e. The van der Waals surface area contributed by atoms with E-state index in [0.717, 1.165) is 5.69 Å². The van der Waals surface area contributed by atoms with E-state index in [-0.39, 0.29) is 31.4 Å². The first-order valence-electron chi connectivity index (χ1n) is 8.63. The predicted molar refractivity (Wildman–Crippen MR) is 93.3 cm³/mol. The smallest absolute Gasteiger partial charge is 0.332 e. The lowest BCUT2D eigenvalue weighted by atomic mass is 10.0. The number of imidazole rings is 1. The number of benzene rings is 1. The van der Waals surface area contributed by atoms with E-state index in [4.69, 9.17) is 4.74 Å². The van der Waals surface area contributed by atoms with Gasteiger partial charge in [-0.2, -0.15) is 0 Å². The number of ether oxygens (including phenoxy) is 1. The van der Waals surface area contributed by atoms with Crippen molar-refractivity contribution in [2.75, 3.05) is 24.6 Å². The molecule has 2 aromatic rings. The summed E-state index contributed by atoms with van der Waals surface area (Å²) in [6, 6.07) is 6.01. The van der Waals surface area contributed by atoms with Gasteiger partial charge in [-0.1, -0.05) is 12.1 Å². The summed E-state index contributed by atoms with van der Waals surface area (Å²) in [7, 11) is 0. The van der Waals surface area contributed by atoms with Gasteiger partial charge in [0.2, 0.25) is 5.91 Å². The molecule has 2 amide bonds. The first-order chi connectivity index (χ1) is 13.1. The molecule has 9 nitrogen and oxygen atoms in total. The van der Waals surface area contributed by atoms with Crippen LogP contribution in [0.2, 0.25) is 0 Å². The zero-order valence-electron chi connectivity index (χ0n) is 14.4. The molecule has 4 rings (SSSR count). The van der Waals surface area contributed by atoms with Crippen LogP contribution < -0.4 is 9.64 Å². The van der Waals surface area contributed by atoms with Crippen molar-refractivity contribution in [3.05, 3.63) is 42.0 Å². The number of anilines is 1. The highest BCUT2D eigenvalue weighted by atomic mass is 16.5. The Bertz CT molecular complexity index is 909. The summed E-state index contributed by atoms with van der Waals surface area (Å²) in [5, 5.41) is 9.58. The standard InChI is InChI=1S/C18H18N4O5/c23-14(22-7-5-11-16(20-10-19-11)17(22)18(25)26)6-8-21-12-3-1-2-4-13(12)27-9-15(21)24/h1-4,10,17H,5-9H2,(H,19,20)(H,25,26)/t17-/m1/s1. The first kappa shape index (κ1) is 17.1. The number of carbonyl (C=O) groups excluding carboxylic acids is 2. The van der Waals surface area contributed by atoms with E-state index in [1.165, 1.54) is 16.1 Å². The van der Waals surface area contributed by atoms with Gasteiger partial charge in [-0.3, -0.25) is 9.59 Å². The molecule has 140 valence electrons. The van der Waals surface area contributed by atoms with Crippen LogP contribution in [0.5, 0.6) is 5.75 Å². The van der Waals surface area contributed by atoms with Crippen LogP contribution in [0.15, 0.2) is 30.6 Å². The van der Waals surface area contributed by atoms with Crippen molar-refractivity contribution in [2.24, 2.45) is 0 Å². The number of nitrogens with zero attached hydrogens (tertiary/aromatic N) is 3. The van der Waals surface area contributed by atoms with E-state index in [1.807, 2.05) is 6.07 Å². The molecule has 0 saturated carbocycles. The SMILES string of the molecule is O=C(O)[C@H]1c2nc[nH]c2CCN1C(=O)CCN1C(=O)COc2ccccc21. The van der Waals surface area contributed by atoms with E-state index in [0.29, 0.717) is 30.1 Å². The minimum absolute atomic E-state index is 0.0175. The van der Waals surface area contributed by atoms with Crippen LogP contribution in [-0.4, -0.2) is 57.5 Å². The minimum Gasteiger partial charge on any atom is -0.482 e. The first-order valence-corrected chi connectivity index (χ1v) is 8.63. The van der Waals surface area contributed by atoms with Gasteiger partial charge in [0.25, 0.3) is 5.91 Å². The molecule has 1 aromatic heterocycles. The normalized spacial score (nSPS) is 18.5. The zero-order valence-corrected chi connectivity index (χ0v) is 14.4. The molecule has 0 fully saturated rings. The number of aromatic amines is 1. The molecular formula is C18H18N4O5. The highest BCUT2D eigenvalue weighted by Crippen LogP contribution is 2.32. The third-order valence-electron chi connectivity index (χ3n) is 4.84. The lowest BCUT2D eigenvalue weighted by Crippen LogP contribution is -2.46. The molecule has 3 heterocycles. The highest BCUT2D eigenvalue weighted by molar-refractivity contribution is 5.98. The maximum Gasteiger partial charge on any atom is 0.332 e. The van der Waals surface area contributed by atoms with Crippen molar-refractivity contribution in [2.45, 2.75) is 18.9 Å². The number of carboxylic acids is 1. The van der Waals surface area contributed by atoms with Crippen LogP contribution in [0.1, 0.15) is 23.9 Å². The van der Waals surface area contributed by atoms with Gasteiger partial charge in [0.15, 0.2) is 12.6 Å². The summed E-state index contributed by atoms with van der Waals surface area (Å²) in [5.41, 5.74) is 1.73. The molecule has 0 spiro atoms. The molecule has 0 radical (unpaired) electrons. The molecular weight excluding hydrogens is 352 g/mol. The fourth-order valence-electron chi connectivity index (χ4n) is 3.55. The Morgan fingerprint density at radius 3 is 2.96 bits per heavy atom. The van der Waals surface area contributed by atoms with Gasteiger partial charge in [-0.05, 0) is 12.1 Å². The molecule has 9 heteroatoms. The molecule has 0 unspecified atom stereocenters. The van der Waals surface area contributed by atoms with Crippen molar-refractivity contribution in [1.82, 2.24) is 14.9 Å². The van der Waals surface area contributed by atoms with Crippen LogP contribution >= 0.6 is 0 Å². The lowest BCUT2D eigenvalue weighted by Gasteiger charge is -2.33. The Balaban J connectivity index is 1.50. The fraction of sp³-hybridized carbons (Fsp3) is 0.333. The fourth-order valence-corrected chi connectivity index (χ4v) is 3.55. The van der Waals surface area contributed by atoms with Gasteiger partial charge in [0, 0.05) is 31.6 Å². The number of nitrogens with one attached hydrogen (secondary N) is 1. The van der Waals surface area contributed by atoms with E-state index >= 15 is 0 Å². The Morgan fingerprint density at radius 2 is 2.15 bits per heavy atom. The second-order valence-electron chi connectivity index (χ2n) is 6.40. The third-order valence-corrected chi connectivity index (χ3v) is 4.84. The van der Waals surface area contributed by atoms with Crippen LogP contribution in [-0.2, 0) is 20.8 Å². The van der Waals surface area contributed by atoms with Crippen LogP contribution in [0.3, 0.4) is 0 Å². The quantitative estimate of drug-likeness (QED) is 0.820. The topological polar surface area (TPSA) is 116 Å². The summed E-state index contributed by atoms with van der Waals surface area (Å²) in [6.45, 7) is 0.371. The zero-order chi connectivity index (χ0) is 19.0. The minimum atomic E-state index is -1.12.